The number of nitrogens with one attached hydrogen (secondary N) is 2. The van der Waals surface area contributed by atoms with E-state index in [0.717, 1.165) is 25.8 Å². The minimum atomic E-state index is -0.428. The summed E-state index contributed by atoms with van der Waals surface area (Å²) in [5, 5.41) is 6.73. The largest absolute Gasteiger partial charge is 0.444 e. The van der Waals surface area contributed by atoms with Gasteiger partial charge in [0.2, 0.25) is 0 Å². The molecule has 2 atom stereocenters. The van der Waals surface area contributed by atoms with Crippen molar-refractivity contribution in [2.75, 3.05) is 20.6 Å². The van der Waals surface area contributed by atoms with Gasteiger partial charge in [0.15, 0.2) is 0 Å². The first-order valence-electron chi connectivity index (χ1n) is 8.60. The molecule has 5 heteroatoms. The number of rotatable bonds is 5. The topological polar surface area (TPSA) is 53.6 Å². The number of nitrogens with zero attached hydrogens (tertiary/aromatic N) is 1. The van der Waals surface area contributed by atoms with Crippen LogP contribution in [0.2, 0.25) is 0 Å². The summed E-state index contributed by atoms with van der Waals surface area (Å²) in [5.74, 6) is 0. The monoisotopic (exact) mass is 311 g/mol. The van der Waals surface area contributed by atoms with Gasteiger partial charge in [-0.3, -0.25) is 0 Å². The van der Waals surface area contributed by atoms with Crippen molar-refractivity contribution in [3.63, 3.8) is 0 Å². The lowest BCUT2D eigenvalue weighted by atomic mass is 9.75. The van der Waals surface area contributed by atoms with Crippen LogP contribution in [0, 0.1) is 0 Å². The maximum atomic E-state index is 11.8. The predicted molar refractivity (Wildman–Crippen MR) is 89.1 cm³/mol. The Morgan fingerprint density at radius 1 is 1.23 bits per heavy atom. The summed E-state index contributed by atoms with van der Waals surface area (Å²) in [6.45, 7) is 6.74. The molecule has 0 aromatic heterocycles. The van der Waals surface area contributed by atoms with E-state index in [-0.39, 0.29) is 12.1 Å². The Labute approximate surface area is 135 Å². The van der Waals surface area contributed by atoms with Crippen LogP contribution in [0.15, 0.2) is 0 Å². The number of carbonyl (C=O) groups is 1. The number of alkyl carbamates (subject to hydrolysis) is 1. The van der Waals surface area contributed by atoms with Crippen LogP contribution in [0.1, 0.15) is 59.3 Å². The first kappa shape index (κ1) is 17.5. The lowest BCUT2D eigenvalue weighted by molar-refractivity contribution is 0.0501. The third kappa shape index (κ3) is 4.59. The quantitative estimate of drug-likeness (QED) is 0.819. The van der Waals surface area contributed by atoms with Crippen LogP contribution in [0.3, 0.4) is 0 Å². The van der Waals surface area contributed by atoms with Gasteiger partial charge in [-0.2, -0.15) is 0 Å². The Morgan fingerprint density at radius 3 is 2.36 bits per heavy atom. The van der Waals surface area contributed by atoms with Gasteiger partial charge in [0.05, 0.1) is 0 Å². The Balaban J connectivity index is 1.70. The smallest absolute Gasteiger partial charge is 0.407 e. The summed E-state index contributed by atoms with van der Waals surface area (Å²) in [7, 11) is 4.37. The fourth-order valence-electron chi connectivity index (χ4n) is 3.47. The van der Waals surface area contributed by atoms with Gasteiger partial charge in [-0.15, -0.1) is 0 Å². The average Bonchev–Trinajstić information content (AvgIpc) is 2.72. The van der Waals surface area contributed by atoms with Gasteiger partial charge < -0.3 is 20.3 Å². The molecule has 2 saturated carbocycles. The van der Waals surface area contributed by atoms with Gasteiger partial charge in [-0.25, -0.2) is 4.79 Å². The van der Waals surface area contributed by atoms with E-state index in [1.807, 2.05) is 20.8 Å². The zero-order valence-electron chi connectivity index (χ0n) is 14.9. The SMILES string of the molecule is CN(C)C1(CNC2CCC(NC(=O)OC(C)(C)C)C2)CCC1. The molecular formula is C17H33N3O2. The summed E-state index contributed by atoms with van der Waals surface area (Å²) in [6, 6.07) is 0.751. The molecule has 0 aromatic carbocycles. The molecule has 2 N–H and O–H groups in total. The maximum Gasteiger partial charge on any atom is 0.407 e. The number of likely N-dealkylation sites (N-methyl/N-ethyl adjacent to an activating group) is 1. The highest BCUT2D eigenvalue weighted by Gasteiger charge is 2.39. The van der Waals surface area contributed by atoms with Crippen molar-refractivity contribution in [1.82, 2.24) is 15.5 Å². The molecule has 2 rings (SSSR count). The molecule has 1 amide bonds. The first-order valence-corrected chi connectivity index (χ1v) is 8.60. The van der Waals surface area contributed by atoms with Crippen LogP contribution in [-0.4, -0.2) is 54.9 Å². The minimum Gasteiger partial charge on any atom is -0.444 e. The van der Waals surface area contributed by atoms with Crippen LogP contribution in [0.25, 0.3) is 0 Å². The van der Waals surface area contributed by atoms with Crippen molar-refractivity contribution >= 4 is 6.09 Å². The van der Waals surface area contributed by atoms with Crippen molar-refractivity contribution in [3.05, 3.63) is 0 Å². The van der Waals surface area contributed by atoms with E-state index in [1.165, 1.54) is 19.3 Å². The van der Waals surface area contributed by atoms with E-state index < -0.39 is 5.60 Å². The Hall–Kier alpha value is -0.810. The molecule has 0 aliphatic heterocycles. The molecule has 0 heterocycles. The normalized spacial score (nSPS) is 27.5. The van der Waals surface area contributed by atoms with Crippen LogP contribution in [0.5, 0.6) is 0 Å². The predicted octanol–water partition coefficient (Wildman–Crippen LogP) is 2.51. The molecule has 0 aromatic rings. The van der Waals surface area contributed by atoms with Gasteiger partial charge >= 0.3 is 6.09 Å². The van der Waals surface area contributed by atoms with Crippen LogP contribution in [-0.2, 0) is 4.74 Å². The summed E-state index contributed by atoms with van der Waals surface area (Å²) in [6.07, 6.45) is 6.80. The average molecular weight is 311 g/mol. The molecule has 2 aliphatic rings. The molecule has 2 fully saturated rings. The standard InChI is InChI=1S/C17H33N3O2/c1-16(2,3)22-15(21)19-14-8-7-13(11-14)18-12-17(20(4)5)9-6-10-17/h13-14,18H,6-12H2,1-5H3,(H,19,21). The van der Waals surface area contributed by atoms with Gasteiger partial charge in [-0.05, 0) is 73.4 Å². The molecular weight excluding hydrogens is 278 g/mol. The number of hydrogen-bond acceptors (Lipinski definition) is 4. The van der Waals surface area contributed by atoms with Crippen molar-refractivity contribution in [2.24, 2.45) is 0 Å². The second kappa shape index (κ2) is 6.75. The van der Waals surface area contributed by atoms with Gasteiger partial charge in [0.1, 0.15) is 5.60 Å². The molecule has 128 valence electrons. The molecule has 2 aliphatic carbocycles. The number of amides is 1. The molecule has 0 spiro atoms. The van der Waals surface area contributed by atoms with Crippen LogP contribution >= 0.6 is 0 Å². The minimum absolute atomic E-state index is 0.240. The highest BCUT2D eigenvalue weighted by Crippen LogP contribution is 2.36. The summed E-state index contributed by atoms with van der Waals surface area (Å²) < 4.78 is 5.33. The second-order valence-electron chi connectivity index (χ2n) is 8.21. The summed E-state index contributed by atoms with van der Waals surface area (Å²) >= 11 is 0. The zero-order valence-corrected chi connectivity index (χ0v) is 14.9. The van der Waals surface area contributed by atoms with Gasteiger partial charge in [0.25, 0.3) is 0 Å². The van der Waals surface area contributed by atoms with Gasteiger partial charge in [0, 0.05) is 24.2 Å². The van der Waals surface area contributed by atoms with E-state index in [0.29, 0.717) is 11.6 Å². The molecule has 0 saturated heterocycles. The van der Waals surface area contributed by atoms with Crippen molar-refractivity contribution in [2.45, 2.75) is 82.5 Å². The molecule has 0 radical (unpaired) electrons. The fraction of sp³-hybridized carbons (Fsp3) is 0.941. The Bertz CT molecular complexity index is 386. The molecule has 22 heavy (non-hydrogen) atoms. The van der Waals surface area contributed by atoms with E-state index in [1.54, 1.807) is 0 Å². The lowest BCUT2D eigenvalue weighted by Crippen LogP contribution is -2.57. The molecule has 0 bridgehead atoms. The zero-order chi connectivity index (χ0) is 16.4. The van der Waals surface area contributed by atoms with E-state index in [2.05, 4.69) is 29.6 Å². The van der Waals surface area contributed by atoms with Crippen LogP contribution < -0.4 is 10.6 Å². The molecule has 5 nitrogen and oxygen atoms in total. The third-order valence-electron chi connectivity index (χ3n) is 5.11. The van der Waals surface area contributed by atoms with Gasteiger partial charge in [-0.1, -0.05) is 0 Å². The van der Waals surface area contributed by atoms with E-state index in [4.69, 9.17) is 4.74 Å². The third-order valence-corrected chi connectivity index (χ3v) is 5.11. The number of hydrogen-bond donors (Lipinski definition) is 2. The van der Waals surface area contributed by atoms with Crippen molar-refractivity contribution in [3.8, 4) is 0 Å². The van der Waals surface area contributed by atoms with Crippen molar-refractivity contribution in [1.29, 1.82) is 0 Å². The molecule has 2 unspecified atom stereocenters. The second-order valence-corrected chi connectivity index (χ2v) is 8.21. The maximum absolute atomic E-state index is 11.8. The van der Waals surface area contributed by atoms with E-state index >= 15 is 0 Å². The highest BCUT2D eigenvalue weighted by atomic mass is 16.6. The number of carbonyl (C=O) groups excluding carboxylic acids is 1. The highest BCUT2D eigenvalue weighted by molar-refractivity contribution is 5.68. The van der Waals surface area contributed by atoms with Crippen molar-refractivity contribution < 1.29 is 9.53 Å². The van der Waals surface area contributed by atoms with Crippen LogP contribution in [0.4, 0.5) is 4.79 Å². The summed E-state index contributed by atoms with van der Waals surface area (Å²) in [5.41, 5.74) is -0.0701. The Morgan fingerprint density at radius 2 is 1.86 bits per heavy atom. The summed E-state index contributed by atoms with van der Waals surface area (Å²) in [4.78, 5) is 14.2. The fourth-order valence-corrected chi connectivity index (χ4v) is 3.47. The van der Waals surface area contributed by atoms with E-state index in [9.17, 15) is 4.79 Å². The lowest BCUT2D eigenvalue weighted by Gasteiger charge is -2.48. The Kier molecular flexibility index (Phi) is 5.38. The first-order chi connectivity index (χ1) is 10.2. The number of ether oxygens (including phenoxy) is 1.